The molecule has 2 N–H and O–H groups in total. The van der Waals surface area contributed by atoms with Crippen LogP contribution >= 0.6 is 0 Å². The third-order valence-corrected chi connectivity index (χ3v) is 5.73. The molecule has 1 aliphatic rings. The van der Waals surface area contributed by atoms with Gasteiger partial charge in [0.05, 0.1) is 6.20 Å². The molecule has 5 rings (SSSR count). The molecule has 3 aromatic heterocycles. The van der Waals surface area contributed by atoms with Gasteiger partial charge in [0.25, 0.3) is 0 Å². The lowest BCUT2D eigenvalue weighted by molar-refractivity contribution is 0.0206. The van der Waals surface area contributed by atoms with Crippen LogP contribution in [-0.2, 0) is 4.74 Å². The van der Waals surface area contributed by atoms with Crippen LogP contribution in [-0.4, -0.2) is 55.3 Å². The minimum atomic E-state index is -0.544. The van der Waals surface area contributed by atoms with Crippen molar-refractivity contribution in [2.45, 2.75) is 45.3 Å². The molecule has 33 heavy (non-hydrogen) atoms. The molecule has 0 bridgehead atoms. The standard InChI is InChI=1S/C24H27FN6O2/c1-24(2,3)33-23(32)30-10-6-7-15(14-30)28-21-11-17(22-27-13-20(25)31(22)29-21)18-12-26-19-9-5-4-8-16(18)19/h4-5,8-9,11-13,15,26H,6-7,10,14H2,1-3H3,(H,28,29)/t15-/m1/s1. The van der Waals surface area contributed by atoms with Gasteiger partial charge in [-0.1, -0.05) is 18.2 Å². The zero-order valence-electron chi connectivity index (χ0n) is 18.9. The molecular weight excluding hydrogens is 423 g/mol. The lowest BCUT2D eigenvalue weighted by atomic mass is 10.0. The number of imidazole rings is 1. The van der Waals surface area contributed by atoms with Crippen LogP contribution in [0.1, 0.15) is 33.6 Å². The largest absolute Gasteiger partial charge is 0.444 e. The van der Waals surface area contributed by atoms with E-state index in [1.165, 1.54) is 10.7 Å². The van der Waals surface area contributed by atoms with E-state index in [1.807, 2.05) is 57.3 Å². The number of amides is 1. The molecule has 0 saturated carbocycles. The molecule has 8 nitrogen and oxygen atoms in total. The van der Waals surface area contributed by atoms with E-state index in [-0.39, 0.29) is 12.1 Å². The number of rotatable bonds is 3. The first-order valence-electron chi connectivity index (χ1n) is 11.1. The molecule has 1 amide bonds. The molecule has 1 atom stereocenters. The number of piperidine rings is 1. The van der Waals surface area contributed by atoms with Crippen molar-refractivity contribution in [3.8, 4) is 11.1 Å². The zero-order valence-corrected chi connectivity index (χ0v) is 18.9. The third-order valence-electron chi connectivity index (χ3n) is 5.73. The lowest BCUT2D eigenvalue weighted by Gasteiger charge is -2.34. The van der Waals surface area contributed by atoms with Gasteiger partial charge in [-0.15, -0.1) is 5.10 Å². The van der Waals surface area contributed by atoms with Crippen molar-refractivity contribution >= 4 is 28.5 Å². The van der Waals surface area contributed by atoms with Crippen molar-refractivity contribution in [2.24, 2.45) is 0 Å². The second-order valence-corrected chi connectivity index (χ2v) is 9.42. The van der Waals surface area contributed by atoms with Gasteiger partial charge in [-0.25, -0.2) is 9.78 Å². The van der Waals surface area contributed by atoms with Crippen LogP contribution < -0.4 is 5.32 Å². The number of ether oxygens (including phenoxy) is 1. The molecule has 0 aliphatic carbocycles. The van der Waals surface area contributed by atoms with Crippen LogP contribution in [0.15, 0.2) is 42.7 Å². The van der Waals surface area contributed by atoms with Gasteiger partial charge in [-0.2, -0.15) is 8.91 Å². The Morgan fingerprint density at radius 2 is 2.09 bits per heavy atom. The summed E-state index contributed by atoms with van der Waals surface area (Å²) >= 11 is 0. The maximum absolute atomic E-state index is 14.5. The summed E-state index contributed by atoms with van der Waals surface area (Å²) in [6.07, 6.45) is 4.47. The lowest BCUT2D eigenvalue weighted by Crippen LogP contribution is -2.47. The third kappa shape index (κ3) is 4.22. The quantitative estimate of drug-likeness (QED) is 0.467. The number of nitrogens with one attached hydrogen (secondary N) is 2. The van der Waals surface area contributed by atoms with E-state index in [0.717, 1.165) is 34.9 Å². The molecule has 0 spiro atoms. The van der Waals surface area contributed by atoms with Crippen LogP contribution in [0.25, 0.3) is 27.7 Å². The fourth-order valence-electron chi connectivity index (χ4n) is 4.30. The van der Waals surface area contributed by atoms with Crippen molar-refractivity contribution in [2.75, 3.05) is 18.4 Å². The van der Waals surface area contributed by atoms with Crippen LogP contribution in [0.5, 0.6) is 0 Å². The normalized spacial score (nSPS) is 17.0. The number of aromatic amines is 1. The smallest absolute Gasteiger partial charge is 0.410 e. The molecule has 1 aliphatic heterocycles. The molecule has 0 unspecified atom stereocenters. The van der Waals surface area contributed by atoms with Crippen molar-refractivity contribution in [3.63, 3.8) is 0 Å². The summed E-state index contributed by atoms with van der Waals surface area (Å²) in [5.74, 6) is -0.00973. The summed E-state index contributed by atoms with van der Waals surface area (Å²) in [6.45, 7) is 6.71. The maximum atomic E-state index is 14.5. The van der Waals surface area contributed by atoms with Crippen LogP contribution in [0.2, 0.25) is 0 Å². The van der Waals surface area contributed by atoms with E-state index >= 15 is 0 Å². The van der Waals surface area contributed by atoms with Gasteiger partial charge in [0, 0.05) is 47.4 Å². The number of nitrogens with zero attached hydrogens (tertiary/aromatic N) is 4. The molecule has 9 heteroatoms. The Hall–Kier alpha value is -3.62. The number of para-hydroxylation sites is 1. The van der Waals surface area contributed by atoms with Gasteiger partial charge in [0.2, 0.25) is 5.95 Å². The van der Waals surface area contributed by atoms with E-state index < -0.39 is 11.5 Å². The summed E-state index contributed by atoms with van der Waals surface area (Å²) in [6, 6.07) is 9.81. The first-order chi connectivity index (χ1) is 15.8. The van der Waals surface area contributed by atoms with Crippen molar-refractivity contribution in [1.82, 2.24) is 24.5 Å². The Labute approximate surface area is 190 Å². The zero-order chi connectivity index (χ0) is 23.2. The molecule has 4 aromatic rings. The monoisotopic (exact) mass is 450 g/mol. The van der Waals surface area contributed by atoms with Crippen LogP contribution in [0.3, 0.4) is 0 Å². The molecule has 1 saturated heterocycles. The van der Waals surface area contributed by atoms with Crippen molar-refractivity contribution < 1.29 is 13.9 Å². The van der Waals surface area contributed by atoms with E-state index in [2.05, 4.69) is 20.4 Å². The van der Waals surface area contributed by atoms with E-state index in [1.54, 1.807) is 4.90 Å². The minimum Gasteiger partial charge on any atom is -0.444 e. The number of fused-ring (bicyclic) bond motifs is 2. The fourth-order valence-corrected chi connectivity index (χ4v) is 4.30. The molecule has 0 radical (unpaired) electrons. The summed E-state index contributed by atoms with van der Waals surface area (Å²) in [7, 11) is 0. The first-order valence-corrected chi connectivity index (χ1v) is 11.1. The average molecular weight is 451 g/mol. The fraction of sp³-hybridized carbons (Fsp3) is 0.375. The Kier molecular flexibility index (Phi) is 5.19. The highest BCUT2D eigenvalue weighted by Gasteiger charge is 2.28. The number of carbonyl (C=O) groups is 1. The number of benzene rings is 1. The number of H-pyrrole nitrogens is 1. The summed E-state index contributed by atoms with van der Waals surface area (Å²) < 4.78 is 21.2. The van der Waals surface area contributed by atoms with Crippen LogP contribution in [0, 0.1) is 5.95 Å². The van der Waals surface area contributed by atoms with Gasteiger partial charge < -0.3 is 19.9 Å². The number of carbonyl (C=O) groups excluding carboxylic acids is 1. The predicted octanol–water partition coefficient (Wildman–Crippen LogP) is 4.83. The van der Waals surface area contributed by atoms with Gasteiger partial charge in [0.15, 0.2) is 5.65 Å². The molecule has 172 valence electrons. The van der Waals surface area contributed by atoms with E-state index in [0.29, 0.717) is 24.6 Å². The summed E-state index contributed by atoms with van der Waals surface area (Å²) in [4.78, 5) is 21.8. The highest BCUT2D eigenvalue weighted by atomic mass is 19.1. The molecule has 1 fully saturated rings. The second kappa shape index (κ2) is 8.06. The van der Waals surface area contributed by atoms with Gasteiger partial charge >= 0.3 is 6.09 Å². The number of anilines is 1. The molecular formula is C24H27FN6O2. The SMILES string of the molecule is CC(C)(C)OC(=O)N1CCC[C@@H](Nc2cc(-c3c[nH]c4ccccc34)c3ncc(F)n3n2)C1. The van der Waals surface area contributed by atoms with Crippen molar-refractivity contribution in [1.29, 1.82) is 0 Å². The molecule has 1 aromatic carbocycles. The van der Waals surface area contributed by atoms with Gasteiger partial charge in [-0.05, 0) is 45.7 Å². The summed E-state index contributed by atoms with van der Waals surface area (Å²) in [5, 5.41) is 8.86. The number of halogens is 1. The number of likely N-dealkylation sites (tertiary alicyclic amines) is 1. The highest BCUT2D eigenvalue weighted by Crippen LogP contribution is 2.33. The average Bonchev–Trinajstić information content (AvgIpc) is 3.36. The minimum absolute atomic E-state index is 0.0291. The Morgan fingerprint density at radius 1 is 1.27 bits per heavy atom. The highest BCUT2D eigenvalue weighted by molar-refractivity contribution is 5.99. The summed E-state index contributed by atoms with van der Waals surface area (Å²) in [5.41, 5.74) is 2.59. The Balaban J connectivity index is 1.46. The van der Waals surface area contributed by atoms with E-state index in [9.17, 15) is 9.18 Å². The predicted molar refractivity (Wildman–Crippen MR) is 125 cm³/mol. The number of aromatic nitrogens is 4. The topological polar surface area (TPSA) is 87.5 Å². The Bertz CT molecular complexity index is 1320. The second-order valence-electron chi connectivity index (χ2n) is 9.42. The molecule has 4 heterocycles. The van der Waals surface area contributed by atoms with Crippen molar-refractivity contribution in [3.05, 3.63) is 48.7 Å². The van der Waals surface area contributed by atoms with E-state index in [4.69, 9.17) is 4.74 Å². The number of hydrogen-bond acceptors (Lipinski definition) is 5. The first kappa shape index (κ1) is 21.2. The van der Waals surface area contributed by atoms with Gasteiger partial charge in [0.1, 0.15) is 11.4 Å². The maximum Gasteiger partial charge on any atom is 0.410 e. The van der Waals surface area contributed by atoms with Crippen LogP contribution in [0.4, 0.5) is 15.0 Å². The Morgan fingerprint density at radius 3 is 2.91 bits per heavy atom. The van der Waals surface area contributed by atoms with Gasteiger partial charge in [-0.3, -0.25) is 0 Å². The number of hydrogen-bond donors (Lipinski definition) is 2.